The Labute approximate surface area is 94.9 Å². The topological polar surface area (TPSA) is 61.1 Å². The lowest BCUT2D eigenvalue weighted by molar-refractivity contribution is 0.0695. The molecule has 0 unspecified atom stereocenters. The van der Waals surface area contributed by atoms with Crippen molar-refractivity contribution in [2.24, 2.45) is 0 Å². The second-order valence-electron chi connectivity index (χ2n) is 2.57. The van der Waals surface area contributed by atoms with Gasteiger partial charge in [0.05, 0.1) is 17.2 Å². The Morgan fingerprint density at radius 3 is 2.71 bits per heavy atom. The van der Waals surface area contributed by atoms with E-state index in [0.717, 1.165) is 0 Å². The minimum Gasteiger partial charge on any atom is -0.478 e. The van der Waals surface area contributed by atoms with Crippen molar-refractivity contribution >= 4 is 34.5 Å². The van der Waals surface area contributed by atoms with Crippen LogP contribution in [0.2, 0.25) is 0 Å². The quantitative estimate of drug-likeness (QED) is 0.642. The minimum atomic E-state index is -1.05. The number of nitriles is 1. The molecule has 0 amide bonds. The van der Waals surface area contributed by atoms with Crippen LogP contribution in [0, 0.1) is 11.3 Å². The molecule has 3 nitrogen and oxygen atoms in total. The molecule has 0 fully saturated rings. The molecule has 0 spiro atoms. The number of alkyl halides is 1. The molecular weight excluding hydrogens is 266 g/mol. The normalized spacial score (nSPS) is 9.50. The number of thiol groups is 1. The summed E-state index contributed by atoms with van der Waals surface area (Å²) in [6, 6.07) is 4.78. The molecule has 0 radical (unpaired) electrons. The van der Waals surface area contributed by atoms with E-state index >= 15 is 0 Å². The van der Waals surface area contributed by atoms with Gasteiger partial charge in [-0.1, -0.05) is 15.9 Å². The van der Waals surface area contributed by atoms with E-state index in [2.05, 4.69) is 28.6 Å². The van der Waals surface area contributed by atoms with Crippen molar-refractivity contribution in [2.45, 2.75) is 10.2 Å². The molecule has 14 heavy (non-hydrogen) atoms. The highest BCUT2D eigenvalue weighted by atomic mass is 79.9. The van der Waals surface area contributed by atoms with Gasteiger partial charge in [0.1, 0.15) is 0 Å². The van der Waals surface area contributed by atoms with E-state index in [1.807, 2.05) is 6.07 Å². The predicted octanol–water partition coefficient (Wildman–Crippen LogP) is 2.44. The molecule has 1 aromatic rings. The van der Waals surface area contributed by atoms with Crippen LogP contribution in [-0.2, 0) is 5.33 Å². The van der Waals surface area contributed by atoms with Crippen LogP contribution in [0.15, 0.2) is 17.0 Å². The van der Waals surface area contributed by atoms with Crippen molar-refractivity contribution in [3.8, 4) is 6.07 Å². The van der Waals surface area contributed by atoms with Crippen LogP contribution in [-0.4, -0.2) is 11.1 Å². The van der Waals surface area contributed by atoms with Gasteiger partial charge in [0.2, 0.25) is 0 Å². The van der Waals surface area contributed by atoms with Crippen molar-refractivity contribution in [3.63, 3.8) is 0 Å². The van der Waals surface area contributed by atoms with Gasteiger partial charge in [-0.15, -0.1) is 12.6 Å². The van der Waals surface area contributed by atoms with Crippen LogP contribution >= 0.6 is 28.6 Å². The molecule has 72 valence electrons. The summed E-state index contributed by atoms with van der Waals surface area (Å²) in [6.45, 7) is 0. The Bertz CT molecular complexity index is 426. The molecule has 0 saturated heterocycles. The van der Waals surface area contributed by atoms with Crippen LogP contribution in [0.1, 0.15) is 21.5 Å². The molecule has 1 aromatic carbocycles. The Hall–Kier alpha value is -0.990. The first kappa shape index (κ1) is 11.1. The van der Waals surface area contributed by atoms with Crippen LogP contribution < -0.4 is 0 Å². The molecule has 0 bridgehead atoms. The first-order chi connectivity index (χ1) is 6.60. The Kier molecular flexibility index (Phi) is 3.55. The number of nitrogens with zero attached hydrogens (tertiary/aromatic N) is 1. The Morgan fingerprint density at radius 1 is 1.64 bits per heavy atom. The van der Waals surface area contributed by atoms with E-state index in [1.54, 1.807) is 6.07 Å². The average Bonchev–Trinajstić information content (AvgIpc) is 2.16. The predicted molar refractivity (Wildman–Crippen MR) is 58.0 cm³/mol. The lowest BCUT2D eigenvalue weighted by Crippen LogP contribution is -2.03. The highest BCUT2D eigenvalue weighted by Gasteiger charge is 2.13. The van der Waals surface area contributed by atoms with E-state index in [-0.39, 0.29) is 5.56 Å². The van der Waals surface area contributed by atoms with Crippen LogP contribution in [0.4, 0.5) is 0 Å². The van der Waals surface area contributed by atoms with Crippen LogP contribution in [0.5, 0.6) is 0 Å². The summed E-state index contributed by atoms with van der Waals surface area (Å²) < 4.78 is 0. The van der Waals surface area contributed by atoms with Gasteiger partial charge in [-0.2, -0.15) is 5.26 Å². The first-order valence-corrected chi connectivity index (χ1v) is 5.22. The molecule has 0 aliphatic heterocycles. The van der Waals surface area contributed by atoms with Crippen molar-refractivity contribution in [2.75, 3.05) is 0 Å². The summed E-state index contributed by atoms with van der Waals surface area (Å²) in [4.78, 5) is 11.3. The second kappa shape index (κ2) is 4.49. The maximum absolute atomic E-state index is 10.8. The van der Waals surface area contributed by atoms with Gasteiger partial charge in [0, 0.05) is 10.2 Å². The van der Waals surface area contributed by atoms with Crippen molar-refractivity contribution < 1.29 is 9.90 Å². The highest BCUT2D eigenvalue weighted by molar-refractivity contribution is 9.08. The molecule has 0 aliphatic carbocycles. The van der Waals surface area contributed by atoms with Gasteiger partial charge in [0.25, 0.3) is 0 Å². The second-order valence-corrected chi connectivity index (χ2v) is 3.61. The van der Waals surface area contributed by atoms with Crippen LogP contribution in [0.3, 0.4) is 0 Å². The molecule has 0 heterocycles. The van der Waals surface area contributed by atoms with Gasteiger partial charge in [0.15, 0.2) is 0 Å². The van der Waals surface area contributed by atoms with Gasteiger partial charge in [-0.3, -0.25) is 0 Å². The summed E-state index contributed by atoms with van der Waals surface area (Å²) in [5, 5.41) is 17.9. The van der Waals surface area contributed by atoms with E-state index in [1.165, 1.54) is 6.07 Å². The fourth-order valence-corrected chi connectivity index (χ4v) is 2.21. The molecular formula is C9H6BrNO2S. The van der Waals surface area contributed by atoms with Gasteiger partial charge < -0.3 is 5.11 Å². The third kappa shape index (κ3) is 2.08. The zero-order valence-electron chi connectivity index (χ0n) is 6.99. The minimum absolute atomic E-state index is 0.117. The summed E-state index contributed by atoms with van der Waals surface area (Å²) in [6.07, 6.45) is 0. The maximum Gasteiger partial charge on any atom is 0.336 e. The highest BCUT2D eigenvalue weighted by Crippen LogP contribution is 2.23. The number of rotatable bonds is 2. The summed E-state index contributed by atoms with van der Waals surface area (Å²) in [7, 11) is 0. The molecule has 0 atom stereocenters. The van der Waals surface area contributed by atoms with Crippen molar-refractivity contribution in [3.05, 3.63) is 28.8 Å². The fraction of sp³-hybridized carbons (Fsp3) is 0.111. The lowest BCUT2D eigenvalue weighted by Gasteiger charge is -2.06. The van der Waals surface area contributed by atoms with E-state index in [4.69, 9.17) is 10.4 Å². The van der Waals surface area contributed by atoms with E-state index in [0.29, 0.717) is 21.4 Å². The van der Waals surface area contributed by atoms with Gasteiger partial charge >= 0.3 is 5.97 Å². The fourth-order valence-electron chi connectivity index (χ4n) is 1.05. The zero-order chi connectivity index (χ0) is 10.7. The number of hydrogen-bond acceptors (Lipinski definition) is 3. The average molecular weight is 272 g/mol. The lowest BCUT2D eigenvalue weighted by atomic mass is 10.1. The molecule has 0 aromatic heterocycles. The number of carbonyl (C=O) groups is 1. The van der Waals surface area contributed by atoms with Gasteiger partial charge in [-0.25, -0.2) is 4.79 Å². The summed E-state index contributed by atoms with van der Waals surface area (Å²) in [5.74, 6) is -1.05. The molecule has 0 aliphatic rings. The molecule has 1 N–H and O–H groups in total. The third-order valence-electron chi connectivity index (χ3n) is 1.72. The smallest absolute Gasteiger partial charge is 0.336 e. The number of carboxylic acid groups (broad SMARTS) is 1. The zero-order valence-corrected chi connectivity index (χ0v) is 9.47. The Morgan fingerprint density at radius 2 is 2.29 bits per heavy atom. The van der Waals surface area contributed by atoms with Crippen molar-refractivity contribution in [1.82, 2.24) is 0 Å². The largest absolute Gasteiger partial charge is 0.478 e. The molecule has 0 saturated carbocycles. The van der Waals surface area contributed by atoms with E-state index in [9.17, 15) is 4.79 Å². The number of aromatic carboxylic acids is 1. The van der Waals surface area contributed by atoms with Gasteiger partial charge in [-0.05, 0) is 17.7 Å². The first-order valence-electron chi connectivity index (χ1n) is 3.65. The summed E-state index contributed by atoms with van der Waals surface area (Å²) in [5.41, 5.74) is 1.00. The summed E-state index contributed by atoms with van der Waals surface area (Å²) >= 11 is 7.30. The number of benzene rings is 1. The molecule has 5 heteroatoms. The van der Waals surface area contributed by atoms with Crippen LogP contribution in [0.25, 0.3) is 0 Å². The SMILES string of the molecule is N#Cc1cc(S)c(CBr)c(C(=O)O)c1. The van der Waals surface area contributed by atoms with Crippen molar-refractivity contribution in [1.29, 1.82) is 5.26 Å². The number of halogens is 1. The third-order valence-corrected chi connectivity index (χ3v) is 2.68. The number of carboxylic acids is 1. The standard InChI is InChI=1S/C9H6BrNO2S/c10-3-7-6(9(12)13)1-5(4-11)2-8(7)14/h1-2,14H,3H2,(H,12,13). The molecule has 1 rings (SSSR count). The number of hydrogen-bond donors (Lipinski definition) is 2. The Balaban J connectivity index is 3.45. The van der Waals surface area contributed by atoms with E-state index < -0.39 is 5.97 Å². The maximum atomic E-state index is 10.8. The monoisotopic (exact) mass is 271 g/mol.